The Labute approximate surface area is 128 Å². The van der Waals surface area contributed by atoms with Gasteiger partial charge >= 0.3 is 0 Å². The number of halogens is 1. The van der Waals surface area contributed by atoms with Crippen LogP contribution >= 0.6 is 15.9 Å². The molecule has 5 nitrogen and oxygen atoms in total. The fourth-order valence-electron chi connectivity index (χ4n) is 2.52. The van der Waals surface area contributed by atoms with E-state index in [9.17, 15) is 8.42 Å². The number of hydrogen-bond donors (Lipinski definition) is 1. The molecule has 2 atom stereocenters. The van der Waals surface area contributed by atoms with E-state index in [2.05, 4.69) is 15.9 Å². The lowest BCUT2D eigenvalue weighted by atomic mass is 10.0. The van der Waals surface area contributed by atoms with Gasteiger partial charge in [-0.25, -0.2) is 8.42 Å². The zero-order chi connectivity index (χ0) is 14.9. The SMILES string of the molecule is COc1ccc(Br)cc1S(=O)(=O)N1CCC(N)CC1C. The van der Waals surface area contributed by atoms with Crippen molar-refractivity contribution in [2.75, 3.05) is 13.7 Å². The van der Waals surface area contributed by atoms with Crippen LogP contribution in [0.2, 0.25) is 0 Å². The summed E-state index contributed by atoms with van der Waals surface area (Å²) in [6.07, 6.45) is 1.36. The summed E-state index contributed by atoms with van der Waals surface area (Å²) in [7, 11) is -2.11. The average Bonchev–Trinajstić information content (AvgIpc) is 2.38. The van der Waals surface area contributed by atoms with Gasteiger partial charge in [0.05, 0.1) is 7.11 Å². The quantitative estimate of drug-likeness (QED) is 0.891. The summed E-state index contributed by atoms with van der Waals surface area (Å²) in [5.41, 5.74) is 5.90. The molecular weight excluding hydrogens is 344 g/mol. The van der Waals surface area contributed by atoms with E-state index in [1.807, 2.05) is 6.92 Å². The first-order valence-corrected chi connectivity index (χ1v) is 8.70. The first kappa shape index (κ1) is 15.8. The van der Waals surface area contributed by atoms with E-state index in [0.29, 0.717) is 29.6 Å². The van der Waals surface area contributed by atoms with Crippen molar-refractivity contribution in [1.29, 1.82) is 0 Å². The zero-order valence-corrected chi connectivity index (χ0v) is 13.9. The van der Waals surface area contributed by atoms with Crippen LogP contribution in [-0.4, -0.2) is 38.5 Å². The standard InChI is InChI=1S/C13H19BrN2O3S/c1-9-7-11(15)5-6-16(9)20(17,18)13-8-10(14)3-4-12(13)19-2/h3-4,8-9,11H,5-7,15H2,1-2H3. The van der Waals surface area contributed by atoms with E-state index in [-0.39, 0.29) is 17.0 Å². The van der Waals surface area contributed by atoms with Crippen molar-refractivity contribution < 1.29 is 13.2 Å². The number of ether oxygens (including phenoxy) is 1. The Hall–Kier alpha value is -0.630. The Kier molecular flexibility index (Phi) is 4.73. The van der Waals surface area contributed by atoms with Gasteiger partial charge in [-0.2, -0.15) is 4.31 Å². The van der Waals surface area contributed by atoms with Gasteiger partial charge in [0.25, 0.3) is 0 Å². The Morgan fingerprint density at radius 3 is 2.75 bits per heavy atom. The molecule has 1 aliphatic heterocycles. The van der Waals surface area contributed by atoms with E-state index >= 15 is 0 Å². The number of rotatable bonds is 3. The van der Waals surface area contributed by atoms with E-state index in [4.69, 9.17) is 10.5 Å². The van der Waals surface area contributed by atoms with Crippen LogP contribution in [0.15, 0.2) is 27.6 Å². The number of sulfonamides is 1. The van der Waals surface area contributed by atoms with Crippen LogP contribution in [0.5, 0.6) is 5.75 Å². The highest BCUT2D eigenvalue weighted by Crippen LogP contribution is 2.32. The molecule has 0 aliphatic carbocycles. The molecule has 0 saturated carbocycles. The van der Waals surface area contributed by atoms with Gasteiger partial charge < -0.3 is 10.5 Å². The number of nitrogens with two attached hydrogens (primary N) is 1. The smallest absolute Gasteiger partial charge is 0.247 e. The summed E-state index contributed by atoms with van der Waals surface area (Å²) in [6, 6.07) is 4.95. The van der Waals surface area contributed by atoms with Crippen molar-refractivity contribution >= 4 is 26.0 Å². The van der Waals surface area contributed by atoms with Crippen LogP contribution in [0.3, 0.4) is 0 Å². The summed E-state index contributed by atoms with van der Waals surface area (Å²) in [5.74, 6) is 0.357. The van der Waals surface area contributed by atoms with Crippen LogP contribution in [0.25, 0.3) is 0 Å². The van der Waals surface area contributed by atoms with Crippen LogP contribution in [0, 0.1) is 0 Å². The molecule has 7 heteroatoms. The van der Waals surface area contributed by atoms with Crippen molar-refractivity contribution in [2.24, 2.45) is 5.73 Å². The molecule has 1 aliphatic rings. The van der Waals surface area contributed by atoms with Gasteiger partial charge in [0, 0.05) is 23.1 Å². The monoisotopic (exact) mass is 362 g/mol. The second kappa shape index (κ2) is 6.01. The first-order valence-electron chi connectivity index (χ1n) is 6.47. The van der Waals surface area contributed by atoms with Crippen LogP contribution < -0.4 is 10.5 Å². The average molecular weight is 363 g/mol. The van der Waals surface area contributed by atoms with Crippen molar-refractivity contribution in [2.45, 2.75) is 36.7 Å². The molecule has 2 N–H and O–H groups in total. The van der Waals surface area contributed by atoms with E-state index in [1.54, 1.807) is 18.2 Å². The maximum atomic E-state index is 12.8. The molecule has 2 rings (SSSR count). The Bertz CT molecular complexity index is 591. The second-order valence-corrected chi connectivity index (χ2v) is 7.82. The maximum Gasteiger partial charge on any atom is 0.247 e. The molecule has 112 valence electrons. The number of piperidine rings is 1. The third-order valence-electron chi connectivity index (χ3n) is 3.57. The van der Waals surface area contributed by atoms with Gasteiger partial charge in [-0.1, -0.05) is 15.9 Å². The minimum absolute atomic E-state index is 0.0702. The normalized spacial score (nSPS) is 24.6. The summed E-state index contributed by atoms with van der Waals surface area (Å²) in [4.78, 5) is 0.191. The van der Waals surface area contributed by atoms with E-state index in [0.717, 1.165) is 0 Å². The third kappa shape index (κ3) is 3.00. The first-order chi connectivity index (χ1) is 9.36. The summed E-state index contributed by atoms with van der Waals surface area (Å²) >= 11 is 3.31. The lowest BCUT2D eigenvalue weighted by Crippen LogP contribution is -2.48. The van der Waals surface area contributed by atoms with Gasteiger partial charge in [-0.05, 0) is 38.0 Å². The predicted molar refractivity (Wildman–Crippen MR) is 81.3 cm³/mol. The Morgan fingerprint density at radius 2 is 2.15 bits per heavy atom. The van der Waals surface area contributed by atoms with Crippen molar-refractivity contribution in [1.82, 2.24) is 4.31 Å². The van der Waals surface area contributed by atoms with Gasteiger partial charge in [0.1, 0.15) is 10.6 Å². The molecule has 0 spiro atoms. The largest absolute Gasteiger partial charge is 0.495 e. The molecule has 0 aromatic heterocycles. The van der Waals surface area contributed by atoms with Crippen molar-refractivity contribution in [3.63, 3.8) is 0 Å². The highest BCUT2D eigenvalue weighted by molar-refractivity contribution is 9.10. The topological polar surface area (TPSA) is 72.6 Å². The van der Waals surface area contributed by atoms with E-state index < -0.39 is 10.0 Å². The number of benzene rings is 1. The minimum atomic E-state index is -3.58. The number of nitrogens with zero attached hydrogens (tertiary/aromatic N) is 1. The molecule has 1 aromatic rings. The maximum absolute atomic E-state index is 12.8. The minimum Gasteiger partial charge on any atom is -0.495 e. The summed E-state index contributed by atoms with van der Waals surface area (Å²) in [6.45, 7) is 2.33. The van der Waals surface area contributed by atoms with Crippen molar-refractivity contribution in [3.05, 3.63) is 22.7 Å². The lowest BCUT2D eigenvalue weighted by Gasteiger charge is -2.35. The molecule has 20 heavy (non-hydrogen) atoms. The molecule has 0 bridgehead atoms. The van der Waals surface area contributed by atoms with Gasteiger partial charge in [0.15, 0.2) is 0 Å². The zero-order valence-electron chi connectivity index (χ0n) is 11.5. The fraction of sp³-hybridized carbons (Fsp3) is 0.538. The van der Waals surface area contributed by atoms with Crippen LogP contribution in [-0.2, 0) is 10.0 Å². The molecule has 1 saturated heterocycles. The molecule has 0 radical (unpaired) electrons. The Morgan fingerprint density at radius 1 is 1.45 bits per heavy atom. The van der Waals surface area contributed by atoms with Gasteiger partial charge in [0.2, 0.25) is 10.0 Å². The molecule has 0 amide bonds. The van der Waals surface area contributed by atoms with Crippen molar-refractivity contribution in [3.8, 4) is 5.75 Å². The number of methoxy groups -OCH3 is 1. The fourth-order valence-corrected chi connectivity index (χ4v) is 4.87. The highest BCUT2D eigenvalue weighted by Gasteiger charge is 2.35. The molecule has 1 aromatic carbocycles. The number of hydrogen-bond acceptors (Lipinski definition) is 4. The third-order valence-corrected chi connectivity index (χ3v) is 6.10. The molecule has 1 fully saturated rings. The van der Waals surface area contributed by atoms with E-state index in [1.165, 1.54) is 11.4 Å². The van der Waals surface area contributed by atoms with Gasteiger partial charge in [-0.3, -0.25) is 0 Å². The highest BCUT2D eigenvalue weighted by atomic mass is 79.9. The second-order valence-electron chi connectivity index (χ2n) is 5.04. The summed E-state index contributed by atoms with van der Waals surface area (Å²) < 4.78 is 33.0. The molecular formula is C13H19BrN2O3S. The molecule has 2 unspecified atom stereocenters. The van der Waals surface area contributed by atoms with Crippen LogP contribution in [0.4, 0.5) is 0 Å². The lowest BCUT2D eigenvalue weighted by molar-refractivity contribution is 0.246. The predicted octanol–water partition coefficient (Wildman–Crippen LogP) is 1.96. The molecule has 1 heterocycles. The summed E-state index contributed by atoms with van der Waals surface area (Å²) in [5, 5.41) is 0. The van der Waals surface area contributed by atoms with Gasteiger partial charge in [-0.15, -0.1) is 0 Å². The van der Waals surface area contributed by atoms with Crippen LogP contribution in [0.1, 0.15) is 19.8 Å². The Balaban J connectivity index is 2.42.